The maximum atomic E-state index is 12.8. The predicted molar refractivity (Wildman–Crippen MR) is 70.4 cm³/mol. The molecule has 0 bridgehead atoms. The number of ether oxygens (including phenoxy) is 3. The summed E-state index contributed by atoms with van der Waals surface area (Å²) in [5, 5.41) is 0. The Morgan fingerprint density at radius 2 is 1.47 bits per heavy atom. The monoisotopic (exact) mass is 263 g/mol. The molecule has 0 radical (unpaired) electrons. The number of nitrogen functional groups attached to an aromatic ring is 1. The van der Waals surface area contributed by atoms with E-state index in [4.69, 9.17) is 19.9 Å². The lowest BCUT2D eigenvalue weighted by molar-refractivity contribution is 0.352. The maximum absolute atomic E-state index is 12.8. The van der Waals surface area contributed by atoms with Gasteiger partial charge >= 0.3 is 0 Å². The van der Waals surface area contributed by atoms with Gasteiger partial charge in [-0.05, 0) is 24.3 Å². The molecule has 100 valence electrons. The summed E-state index contributed by atoms with van der Waals surface area (Å²) in [5.41, 5.74) is 6.27. The molecule has 0 unspecified atom stereocenters. The van der Waals surface area contributed by atoms with Gasteiger partial charge in [0.15, 0.2) is 17.2 Å². The lowest BCUT2D eigenvalue weighted by atomic mass is 10.2. The Morgan fingerprint density at radius 3 is 2.05 bits per heavy atom. The van der Waals surface area contributed by atoms with Crippen LogP contribution < -0.4 is 19.9 Å². The van der Waals surface area contributed by atoms with E-state index in [2.05, 4.69) is 0 Å². The molecule has 0 amide bonds. The van der Waals surface area contributed by atoms with Gasteiger partial charge in [0.1, 0.15) is 11.6 Å². The van der Waals surface area contributed by atoms with Crippen LogP contribution in [0.4, 0.5) is 10.1 Å². The molecule has 2 rings (SSSR count). The van der Waals surface area contributed by atoms with E-state index in [9.17, 15) is 4.39 Å². The van der Waals surface area contributed by atoms with Crippen molar-refractivity contribution in [3.63, 3.8) is 0 Å². The summed E-state index contributed by atoms with van der Waals surface area (Å²) in [5.74, 6) is 1.61. The topological polar surface area (TPSA) is 53.7 Å². The van der Waals surface area contributed by atoms with E-state index in [0.717, 1.165) is 0 Å². The van der Waals surface area contributed by atoms with Gasteiger partial charge in [0.05, 0.1) is 19.9 Å². The molecule has 19 heavy (non-hydrogen) atoms. The minimum Gasteiger partial charge on any atom is -0.493 e. The van der Waals surface area contributed by atoms with Gasteiger partial charge in [-0.1, -0.05) is 0 Å². The highest BCUT2D eigenvalue weighted by molar-refractivity contribution is 5.62. The molecule has 4 nitrogen and oxygen atoms in total. The van der Waals surface area contributed by atoms with E-state index in [1.807, 2.05) is 0 Å². The zero-order valence-electron chi connectivity index (χ0n) is 10.6. The molecule has 0 fully saturated rings. The predicted octanol–water partition coefficient (Wildman–Crippen LogP) is 3.22. The zero-order chi connectivity index (χ0) is 13.8. The van der Waals surface area contributed by atoms with Gasteiger partial charge in [-0.25, -0.2) is 4.39 Å². The van der Waals surface area contributed by atoms with Crippen LogP contribution in [-0.2, 0) is 0 Å². The molecule has 5 heteroatoms. The van der Waals surface area contributed by atoms with Crippen molar-refractivity contribution in [1.29, 1.82) is 0 Å². The summed E-state index contributed by atoms with van der Waals surface area (Å²) >= 11 is 0. The van der Waals surface area contributed by atoms with Crippen LogP contribution in [0, 0.1) is 5.82 Å². The van der Waals surface area contributed by atoms with Crippen LogP contribution in [0.2, 0.25) is 0 Å². The molecule has 0 aliphatic carbocycles. The van der Waals surface area contributed by atoms with E-state index in [1.165, 1.54) is 38.5 Å². The zero-order valence-corrected chi connectivity index (χ0v) is 10.6. The van der Waals surface area contributed by atoms with Gasteiger partial charge in [0, 0.05) is 12.1 Å². The molecule has 2 N–H and O–H groups in total. The fourth-order valence-electron chi connectivity index (χ4n) is 1.59. The number of methoxy groups -OCH3 is 2. The van der Waals surface area contributed by atoms with Crippen LogP contribution >= 0.6 is 0 Å². The summed E-state index contributed by atoms with van der Waals surface area (Å²) in [6, 6.07) is 8.89. The Balaban J connectivity index is 2.32. The van der Waals surface area contributed by atoms with Crippen LogP contribution in [-0.4, -0.2) is 14.2 Å². The number of hydrogen-bond acceptors (Lipinski definition) is 4. The third kappa shape index (κ3) is 2.88. The van der Waals surface area contributed by atoms with Crippen molar-refractivity contribution in [2.75, 3.05) is 20.0 Å². The molecule has 0 aromatic heterocycles. The van der Waals surface area contributed by atoms with Crippen LogP contribution in [0.25, 0.3) is 0 Å². The van der Waals surface area contributed by atoms with Crippen molar-refractivity contribution < 1.29 is 18.6 Å². The first-order chi connectivity index (χ1) is 9.13. The molecular weight excluding hydrogens is 249 g/mol. The Labute approximate surface area is 110 Å². The number of rotatable bonds is 4. The van der Waals surface area contributed by atoms with Crippen molar-refractivity contribution in [3.05, 3.63) is 42.2 Å². The molecule has 0 heterocycles. The number of anilines is 1. The highest BCUT2D eigenvalue weighted by Gasteiger charge is 2.11. The minimum atomic E-state index is -0.326. The lowest BCUT2D eigenvalue weighted by Gasteiger charge is -2.13. The van der Waals surface area contributed by atoms with Gasteiger partial charge in [-0.3, -0.25) is 0 Å². The number of hydrogen-bond donors (Lipinski definition) is 1. The van der Waals surface area contributed by atoms with Crippen molar-refractivity contribution in [2.24, 2.45) is 0 Å². The fourth-order valence-corrected chi connectivity index (χ4v) is 1.59. The maximum Gasteiger partial charge on any atom is 0.164 e. The van der Waals surface area contributed by atoms with Crippen LogP contribution in [0.1, 0.15) is 0 Å². The second-order valence-corrected chi connectivity index (χ2v) is 3.80. The van der Waals surface area contributed by atoms with Crippen molar-refractivity contribution >= 4 is 5.69 Å². The summed E-state index contributed by atoms with van der Waals surface area (Å²) in [7, 11) is 3.05. The first kappa shape index (κ1) is 13.0. The van der Waals surface area contributed by atoms with Crippen molar-refractivity contribution in [2.45, 2.75) is 0 Å². The second-order valence-electron chi connectivity index (χ2n) is 3.80. The first-order valence-corrected chi connectivity index (χ1v) is 5.59. The van der Waals surface area contributed by atoms with Crippen LogP contribution in [0.3, 0.4) is 0 Å². The highest BCUT2D eigenvalue weighted by Crippen LogP contribution is 2.38. The summed E-state index contributed by atoms with van der Waals surface area (Å²) < 4.78 is 28.7. The SMILES string of the molecule is COc1cc(N)c(Oc2ccc(F)cc2)cc1OC. The molecule has 0 spiro atoms. The molecule has 0 saturated carbocycles. The average Bonchev–Trinajstić information content (AvgIpc) is 2.43. The molecule has 0 aliphatic rings. The third-order valence-electron chi connectivity index (χ3n) is 2.56. The van der Waals surface area contributed by atoms with Gasteiger partial charge in [-0.15, -0.1) is 0 Å². The van der Waals surface area contributed by atoms with Gasteiger partial charge in [-0.2, -0.15) is 0 Å². The Morgan fingerprint density at radius 1 is 0.895 bits per heavy atom. The number of nitrogens with two attached hydrogens (primary N) is 1. The number of benzene rings is 2. The van der Waals surface area contributed by atoms with Gasteiger partial charge < -0.3 is 19.9 Å². The minimum absolute atomic E-state index is 0.326. The Kier molecular flexibility index (Phi) is 3.75. The second kappa shape index (κ2) is 5.48. The lowest BCUT2D eigenvalue weighted by Crippen LogP contribution is -1.96. The normalized spacial score (nSPS) is 10.1. The summed E-state index contributed by atoms with van der Waals surface area (Å²) in [6.45, 7) is 0. The molecular formula is C14H14FNO3. The van der Waals surface area contributed by atoms with Crippen LogP contribution in [0.5, 0.6) is 23.0 Å². The summed E-state index contributed by atoms with van der Waals surface area (Å²) in [6.07, 6.45) is 0. The van der Waals surface area contributed by atoms with E-state index in [0.29, 0.717) is 28.7 Å². The van der Waals surface area contributed by atoms with E-state index in [-0.39, 0.29) is 5.82 Å². The number of halogens is 1. The average molecular weight is 263 g/mol. The molecule has 2 aromatic carbocycles. The third-order valence-corrected chi connectivity index (χ3v) is 2.56. The smallest absolute Gasteiger partial charge is 0.164 e. The quantitative estimate of drug-likeness (QED) is 0.860. The molecule has 2 aromatic rings. The van der Waals surface area contributed by atoms with Crippen LogP contribution in [0.15, 0.2) is 36.4 Å². The van der Waals surface area contributed by atoms with Crippen molar-refractivity contribution in [1.82, 2.24) is 0 Å². The highest BCUT2D eigenvalue weighted by atomic mass is 19.1. The van der Waals surface area contributed by atoms with E-state index < -0.39 is 0 Å². The standard InChI is InChI=1S/C14H14FNO3/c1-17-13-7-11(16)12(8-14(13)18-2)19-10-5-3-9(15)4-6-10/h3-8H,16H2,1-2H3. The Hall–Kier alpha value is -2.43. The molecule has 0 atom stereocenters. The van der Waals surface area contributed by atoms with E-state index >= 15 is 0 Å². The Bertz CT molecular complexity index is 570. The molecule has 0 saturated heterocycles. The van der Waals surface area contributed by atoms with Gasteiger partial charge in [0.2, 0.25) is 0 Å². The summed E-state index contributed by atoms with van der Waals surface area (Å²) in [4.78, 5) is 0. The van der Waals surface area contributed by atoms with Gasteiger partial charge in [0.25, 0.3) is 0 Å². The van der Waals surface area contributed by atoms with Crippen molar-refractivity contribution in [3.8, 4) is 23.0 Å². The first-order valence-electron chi connectivity index (χ1n) is 5.59. The van der Waals surface area contributed by atoms with E-state index in [1.54, 1.807) is 12.1 Å². The fraction of sp³-hybridized carbons (Fsp3) is 0.143. The largest absolute Gasteiger partial charge is 0.493 e. The molecule has 0 aliphatic heterocycles.